The number of anilines is 1. The second kappa shape index (κ2) is 4.13. The fraction of sp³-hybridized carbons (Fsp3) is 0.600. The van der Waals surface area contributed by atoms with Gasteiger partial charge in [-0.05, 0) is 6.92 Å². The maximum absolute atomic E-state index is 12.2. The number of nitrogens with zero attached hydrogens (tertiary/aromatic N) is 3. The highest BCUT2D eigenvalue weighted by molar-refractivity contribution is 5.98. The van der Waals surface area contributed by atoms with Crippen molar-refractivity contribution in [2.45, 2.75) is 13.0 Å². The highest BCUT2D eigenvalue weighted by Crippen LogP contribution is 2.16. The van der Waals surface area contributed by atoms with Gasteiger partial charge in [0.25, 0.3) is 5.91 Å². The minimum Gasteiger partial charge on any atom is -0.383 e. The molecule has 0 radical (unpaired) electrons. The molecule has 2 heterocycles. The topological polar surface area (TPSA) is 73.4 Å². The summed E-state index contributed by atoms with van der Waals surface area (Å²) in [6.45, 7) is 3.72. The van der Waals surface area contributed by atoms with Gasteiger partial charge in [-0.2, -0.15) is 5.10 Å². The predicted molar refractivity (Wildman–Crippen MR) is 58.9 cm³/mol. The molecule has 1 aliphatic heterocycles. The van der Waals surface area contributed by atoms with Gasteiger partial charge in [0.05, 0.1) is 25.5 Å². The number of hydrogen-bond donors (Lipinski definition) is 1. The van der Waals surface area contributed by atoms with Gasteiger partial charge in [0.15, 0.2) is 0 Å². The molecule has 0 bridgehead atoms. The molecular weight excluding hydrogens is 208 g/mol. The molecule has 1 fully saturated rings. The third-order valence-electron chi connectivity index (χ3n) is 2.84. The Morgan fingerprint density at radius 3 is 3.00 bits per heavy atom. The Labute approximate surface area is 94.0 Å². The largest absolute Gasteiger partial charge is 0.383 e. The number of carbonyl (C=O) groups is 1. The average Bonchev–Trinajstić information content (AvgIpc) is 2.60. The molecule has 6 nitrogen and oxygen atoms in total. The highest BCUT2D eigenvalue weighted by atomic mass is 16.5. The van der Waals surface area contributed by atoms with Crippen LogP contribution in [0.5, 0.6) is 0 Å². The molecular formula is C10H16N4O2. The Balaban J connectivity index is 2.21. The van der Waals surface area contributed by atoms with E-state index in [9.17, 15) is 4.79 Å². The maximum atomic E-state index is 12.2. The average molecular weight is 224 g/mol. The first-order chi connectivity index (χ1) is 7.61. The molecule has 1 unspecified atom stereocenters. The van der Waals surface area contributed by atoms with Crippen LogP contribution in [0, 0.1) is 0 Å². The lowest BCUT2D eigenvalue weighted by Gasteiger charge is -2.33. The fourth-order valence-electron chi connectivity index (χ4n) is 1.80. The zero-order valence-corrected chi connectivity index (χ0v) is 9.51. The standard InChI is InChI=1S/C10H16N4O2/c1-7-6-16-4-3-14(7)10(15)8-5-12-13(2)9(8)11/h5,7H,3-4,6,11H2,1-2H3. The highest BCUT2D eigenvalue weighted by Gasteiger charge is 2.27. The second-order valence-electron chi connectivity index (χ2n) is 3.99. The zero-order chi connectivity index (χ0) is 11.7. The monoisotopic (exact) mass is 224 g/mol. The lowest BCUT2D eigenvalue weighted by atomic mass is 10.2. The Morgan fingerprint density at radius 2 is 2.44 bits per heavy atom. The van der Waals surface area contributed by atoms with Gasteiger partial charge in [-0.1, -0.05) is 0 Å². The molecule has 2 N–H and O–H groups in total. The SMILES string of the molecule is CC1COCCN1C(=O)c1cnn(C)c1N. The second-order valence-corrected chi connectivity index (χ2v) is 3.99. The van der Waals surface area contributed by atoms with Crippen molar-refractivity contribution >= 4 is 11.7 Å². The number of rotatable bonds is 1. The van der Waals surface area contributed by atoms with E-state index < -0.39 is 0 Å². The summed E-state index contributed by atoms with van der Waals surface area (Å²) in [6, 6.07) is 0.0841. The third-order valence-corrected chi connectivity index (χ3v) is 2.84. The van der Waals surface area contributed by atoms with E-state index in [-0.39, 0.29) is 11.9 Å². The first-order valence-corrected chi connectivity index (χ1v) is 5.27. The minimum absolute atomic E-state index is 0.0681. The van der Waals surface area contributed by atoms with E-state index in [2.05, 4.69) is 5.10 Å². The van der Waals surface area contributed by atoms with Crippen molar-refractivity contribution in [1.29, 1.82) is 0 Å². The molecule has 0 saturated carbocycles. The maximum Gasteiger partial charge on any atom is 0.259 e. The van der Waals surface area contributed by atoms with Crippen LogP contribution in [0.25, 0.3) is 0 Å². The first-order valence-electron chi connectivity index (χ1n) is 5.27. The molecule has 88 valence electrons. The predicted octanol–water partition coefficient (Wildman–Crippen LogP) is -0.137. The minimum atomic E-state index is -0.0681. The van der Waals surface area contributed by atoms with Crippen LogP contribution in [-0.2, 0) is 11.8 Å². The van der Waals surface area contributed by atoms with Crippen LogP contribution in [0.1, 0.15) is 17.3 Å². The van der Waals surface area contributed by atoms with Gasteiger partial charge in [-0.15, -0.1) is 0 Å². The Morgan fingerprint density at radius 1 is 1.69 bits per heavy atom. The first kappa shape index (κ1) is 10.9. The van der Waals surface area contributed by atoms with Crippen LogP contribution >= 0.6 is 0 Å². The van der Waals surface area contributed by atoms with Gasteiger partial charge >= 0.3 is 0 Å². The molecule has 16 heavy (non-hydrogen) atoms. The van der Waals surface area contributed by atoms with E-state index >= 15 is 0 Å². The molecule has 2 rings (SSSR count). The Kier molecular flexibility index (Phi) is 2.82. The summed E-state index contributed by atoms with van der Waals surface area (Å²) < 4.78 is 6.79. The van der Waals surface area contributed by atoms with Crippen molar-refractivity contribution in [2.24, 2.45) is 7.05 Å². The molecule has 1 aliphatic rings. The number of morpholine rings is 1. The van der Waals surface area contributed by atoms with Crippen molar-refractivity contribution in [3.8, 4) is 0 Å². The number of aromatic nitrogens is 2. The van der Waals surface area contributed by atoms with E-state index in [1.165, 1.54) is 10.9 Å². The van der Waals surface area contributed by atoms with Crippen LogP contribution in [0.4, 0.5) is 5.82 Å². The van der Waals surface area contributed by atoms with Crippen LogP contribution in [0.15, 0.2) is 6.20 Å². The van der Waals surface area contributed by atoms with Gasteiger partial charge in [0.2, 0.25) is 0 Å². The lowest BCUT2D eigenvalue weighted by Crippen LogP contribution is -2.47. The third kappa shape index (κ3) is 1.76. The molecule has 1 saturated heterocycles. The van der Waals surface area contributed by atoms with Crippen molar-refractivity contribution in [2.75, 3.05) is 25.5 Å². The number of aryl methyl sites for hydroxylation is 1. The number of nitrogen functional groups attached to an aromatic ring is 1. The summed E-state index contributed by atoms with van der Waals surface area (Å²) >= 11 is 0. The fourth-order valence-corrected chi connectivity index (χ4v) is 1.80. The molecule has 0 aromatic carbocycles. The van der Waals surface area contributed by atoms with Crippen LogP contribution in [0.2, 0.25) is 0 Å². The van der Waals surface area contributed by atoms with Crippen molar-refractivity contribution in [1.82, 2.24) is 14.7 Å². The van der Waals surface area contributed by atoms with Gasteiger partial charge < -0.3 is 15.4 Å². The molecule has 1 atom stereocenters. The summed E-state index contributed by atoms with van der Waals surface area (Å²) in [5.74, 6) is 0.338. The van der Waals surface area contributed by atoms with Crippen molar-refractivity contribution in [3.05, 3.63) is 11.8 Å². The van der Waals surface area contributed by atoms with Crippen molar-refractivity contribution < 1.29 is 9.53 Å². The van der Waals surface area contributed by atoms with Crippen LogP contribution in [0.3, 0.4) is 0 Å². The number of hydrogen-bond acceptors (Lipinski definition) is 4. The quantitative estimate of drug-likeness (QED) is 0.720. The smallest absolute Gasteiger partial charge is 0.259 e. The zero-order valence-electron chi connectivity index (χ0n) is 9.51. The van der Waals surface area contributed by atoms with Crippen LogP contribution in [-0.4, -0.2) is 46.4 Å². The Bertz CT molecular complexity index is 402. The van der Waals surface area contributed by atoms with Gasteiger partial charge in [0.1, 0.15) is 11.4 Å². The molecule has 1 aromatic rings. The van der Waals surface area contributed by atoms with Crippen LogP contribution < -0.4 is 5.73 Å². The van der Waals surface area contributed by atoms with E-state index in [0.717, 1.165) is 0 Å². The van der Waals surface area contributed by atoms with E-state index in [1.54, 1.807) is 11.9 Å². The Hall–Kier alpha value is -1.56. The number of nitrogens with two attached hydrogens (primary N) is 1. The summed E-state index contributed by atoms with van der Waals surface area (Å²) in [5.41, 5.74) is 6.25. The van der Waals surface area contributed by atoms with Gasteiger partial charge in [0, 0.05) is 13.6 Å². The molecule has 1 amide bonds. The molecule has 1 aromatic heterocycles. The summed E-state index contributed by atoms with van der Waals surface area (Å²) in [6.07, 6.45) is 1.51. The van der Waals surface area contributed by atoms with Crippen molar-refractivity contribution in [3.63, 3.8) is 0 Å². The number of carbonyl (C=O) groups excluding carboxylic acids is 1. The lowest BCUT2D eigenvalue weighted by molar-refractivity contribution is 0.00365. The summed E-state index contributed by atoms with van der Waals surface area (Å²) in [5, 5.41) is 3.97. The van der Waals surface area contributed by atoms with Gasteiger partial charge in [-0.3, -0.25) is 9.48 Å². The van der Waals surface area contributed by atoms with E-state index in [4.69, 9.17) is 10.5 Å². The number of amides is 1. The van der Waals surface area contributed by atoms with E-state index in [0.29, 0.717) is 31.1 Å². The molecule has 6 heteroatoms. The molecule has 0 aliphatic carbocycles. The molecule has 0 spiro atoms. The number of ether oxygens (including phenoxy) is 1. The normalized spacial score (nSPS) is 21.1. The summed E-state index contributed by atoms with van der Waals surface area (Å²) in [7, 11) is 1.72. The van der Waals surface area contributed by atoms with E-state index in [1.807, 2.05) is 6.92 Å². The van der Waals surface area contributed by atoms with Gasteiger partial charge in [-0.25, -0.2) is 0 Å². The summed E-state index contributed by atoms with van der Waals surface area (Å²) in [4.78, 5) is 14.0.